The van der Waals surface area contributed by atoms with E-state index in [1.54, 1.807) is 26.8 Å². The third kappa shape index (κ3) is 7.42. The Morgan fingerprint density at radius 2 is 1.86 bits per heavy atom. The summed E-state index contributed by atoms with van der Waals surface area (Å²) in [5.41, 5.74) is 0.523. The Kier molecular flexibility index (Phi) is 9.05. The van der Waals surface area contributed by atoms with E-state index in [4.69, 9.17) is 14.2 Å². The summed E-state index contributed by atoms with van der Waals surface area (Å²) in [6.45, 7) is 13.2. The Balaban J connectivity index is 1.68. The van der Waals surface area contributed by atoms with E-state index in [-0.39, 0.29) is 5.78 Å². The minimum absolute atomic E-state index is 0.315. The lowest BCUT2D eigenvalue weighted by Gasteiger charge is -2.27. The van der Waals surface area contributed by atoms with E-state index in [1.165, 1.54) is 4.90 Å². The summed E-state index contributed by atoms with van der Waals surface area (Å²) in [5, 5.41) is 0.882. The minimum Gasteiger partial charge on any atom is -0.456 e. The fourth-order valence-electron chi connectivity index (χ4n) is 4.03. The smallest absolute Gasteiger partial charge is 0.411 e. The number of carbonyl (C=O) groups excluding carboxylic acids is 3. The monoisotopic (exact) mass is 580 g/mol. The summed E-state index contributed by atoms with van der Waals surface area (Å²) in [6, 6.07) is 5.78. The van der Waals surface area contributed by atoms with Crippen molar-refractivity contribution in [2.45, 2.75) is 77.7 Å². The van der Waals surface area contributed by atoms with Gasteiger partial charge < -0.3 is 18.8 Å². The van der Waals surface area contributed by atoms with E-state index < -0.39 is 38.4 Å². The number of likely N-dealkylation sites (tertiary alicyclic amines) is 1. The van der Waals surface area contributed by atoms with Gasteiger partial charge in [-0.05, 0) is 57.9 Å². The van der Waals surface area contributed by atoms with Gasteiger partial charge in [0.15, 0.2) is 6.61 Å². The van der Waals surface area contributed by atoms with Crippen molar-refractivity contribution >= 4 is 52.8 Å². The number of carbonyl (C=O) groups is 3. The van der Waals surface area contributed by atoms with E-state index >= 15 is 0 Å². The number of Topliss-reactive ketones (excluding diaryl/α,β-unsaturated/α-hetero) is 1. The first kappa shape index (κ1) is 28.4. The van der Waals surface area contributed by atoms with E-state index in [0.29, 0.717) is 38.3 Å². The maximum Gasteiger partial charge on any atom is 0.411 e. The lowest BCUT2D eigenvalue weighted by Crippen LogP contribution is -2.44. The van der Waals surface area contributed by atoms with Gasteiger partial charge in [0.2, 0.25) is 5.78 Å². The van der Waals surface area contributed by atoms with Gasteiger partial charge in [-0.15, -0.1) is 0 Å². The topological polar surface area (TPSA) is 87.1 Å². The van der Waals surface area contributed by atoms with Gasteiger partial charge in [0.05, 0.1) is 5.52 Å². The van der Waals surface area contributed by atoms with Crippen LogP contribution in [0, 0.1) is 0 Å². The zero-order valence-electron chi connectivity index (χ0n) is 22.1. The Morgan fingerprint density at radius 3 is 2.53 bits per heavy atom. The molecule has 0 N–H and O–H groups in total. The number of fused-ring (bicyclic) bond motifs is 1. The van der Waals surface area contributed by atoms with Crippen LogP contribution in [0.1, 0.15) is 44.0 Å². The number of ketones is 1. The number of hydrogen-bond acceptors (Lipinski definition) is 6. The van der Waals surface area contributed by atoms with E-state index in [9.17, 15) is 14.4 Å². The number of hydrogen-bond donors (Lipinski definition) is 0. The van der Waals surface area contributed by atoms with Crippen molar-refractivity contribution in [2.75, 3.05) is 19.8 Å². The third-order valence-corrected chi connectivity index (χ3v) is 8.29. The molecule has 0 unspecified atom stereocenters. The van der Waals surface area contributed by atoms with Crippen molar-refractivity contribution in [3.8, 4) is 0 Å². The Hall–Kier alpha value is -2.17. The molecule has 0 radical (unpaired) electrons. The molecule has 1 aliphatic rings. The first-order chi connectivity index (χ1) is 16.8. The van der Waals surface area contributed by atoms with Crippen LogP contribution in [-0.2, 0) is 25.7 Å². The second-order valence-electron chi connectivity index (χ2n) is 11.4. The van der Waals surface area contributed by atoms with Crippen LogP contribution in [0.3, 0.4) is 0 Å². The molecule has 1 saturated heterocycles. The lowest BCUT2D eigenvalue weighted by molar-refractivity contribution is -0.147. The maximum atomic E-state index is 13.2. The molecule has 1 aromatic carbocycles. The normalized spacial score (nSPS) is 16.4. The van der Waals surface area contributed by atoms with Crippen molar-refractivity contribution in [1.29, 1.82) is 0 Å². The number of ether oxygens (including phenoxy) is 3. The van der Waals surface area contributed by atoms with Gasteiger partial charge in [0, 0.05) is 42.8 Å². The molecule has 0 aliphatic carbocycles. The molecule has 2 heterocycles. The van der Waals surface area contributed by atoms with Crippen molar-refractivity contribution in [3.63, 3.8) is 0 Å². The van der Waals surface area contributed by atoms with Crippen LogP contribution >= 0.6 is 15.9 Å². The summed E-state index contributed by atoms with van der Waals surface area (Å²) < 4.78 is 19.5. The summed E-state index contributed by atoms with van der Waals surface area (Å²) in [6.07, 6.45) is 2.50. The molecule has 0 spiro atoms. The van der Waals surface area contributed by atoms with Crippen molar-refractivity contribution in [3.05, 3.63) is 34.4 Å². The molecule has 36 heavy (non-hydrogen) atoms. The predicted molar refractivity (Wildman–Crippen MR) is 145 cm³/mol. The van der Waals surface area contributed by atoms with Gasteiger partial charge in [0.1, 0.15) is 18.4 Å². The highest BCUT2D eigenvalue weighted by molar-refractivity contribution is 9.10. The van der Waals surface area contributed by atoms with E-state index in [1.807, 2.05) is 22.9 Å². The quantitative estimate of drug-likeness (QED) is 0.160. The highest BCUT2D eigenvalue weighted by Gasteiger charge is 2.38. The average molecular weight is 582 g/mol. The molecule has 3 rings (SSSR count). The van der Waals surface area contributed by atoms with Crippen molar-refractivity contribution in [2.24, 2.45) is 0 Å². The minimum atomic E-state index is -1.20. The molecule has 1 atom stereocenters. The Labute approximate surface area is 222 Å². The Morgan fingerprint density at radius 1 is 1.14 bits per heavy atom. The van der Waals surface area contributed by atoms with Crippen LogP contribution in [0.4, 0.5) is 4.79 Å². The molecule has 10 heteroatoms. The highest BCUT2D eigenvalue weighted by Crippen LogP contribution is 2.29. The number of benzene rings is 1. The van der Waals surface area contributed by atoms with Gasteiger partial charge in [-0.3, -0.25) is 9.69 Å². The number of esters is 1. The summed E-state index contributed by atoms with van der Waals surface area (Å²) in [7, 11) is -1.20. The molecule has 198 valence electrons. The third-order valence-electron chi connectivity index (χ3n) is 5.90. The summed E-state index contributed by atoms with van der Waals surface area (Å²) >= 11 is 3.55. The van der Waals surface area contributed by atoms with Crippen LogP contribution in [0.5, 0.6) is 0 Å². The largest absolute Gasteiger partial charge is 0.456 e. The van der Waals surface area contributed by atoms with Crippen LogP contribution in [0.15, 0.2) is 28.9 Å². The molecular formula is C26H37BrN2O6Si. The summed E-state index contributed by atoms with van der Waals surface area (Å²) in [5.74, 6) is -0.908. The second-order valence-corrected chi connectivity index (χ2v) is 17.8. The molecule has 1 fully saturated rings. The molecule has 2 aromatic rings. The first-order valence-corrected chi connectivity index (χ1v) is 16.8. The lowest BCUT2D eigenvalue weighted by atomic mass is 10.1. The average Bonchev–Trinajstić information content (AvgIpc) is 3.41. The fraction of sp³-hybridized carbons (Fsp3) is 0.577. The zero-order valence-corrected chi connectivity index (χ0v) is 24.6. The second kappa shape index (κ2) is 11.5. The Bertz CT molecular complexity index is 1120. The molecular weight excluding hydrogens is 544 g/mol. The van der Waals surface area contributed by atoms with E-state index in [0.717, 1.165) is 21.4 Å². The van der Waals surface area contributed by atoms with Gasteiger partial charge in [0.25, 0.3) is 0 Å². The van der Waals surface area contributed by atoms with Crippen LogP contribution < -0.4 is 0 Å². The van der Waals surface area contributed by atoms with Crippen molar-refractivity contribution < 1.29 is 28.6 Å². The molecule has 1 aliphatic heterocycles. The van der Waals surface area contributed by atoms with Crippen LogP contribution in [-0.4, -0.2) is 66.8 Å². The summed E-state index contributed by atoms with van der Waals surface area (Å²) in [4.78, 5) is 39.8. The maximum absolute atomic E-state index is 13.2. The van der Waals surface area contributed by atoms with Crippen molar-refractivity contribution in [1.82, 2.24) is 9.47 Å². The number of amides is 1. The molecule has 0 bridgehead atoms. The van der Waals surface area contributed by atoms with Gasteiger partial charge in [-0.2, -0.15) is 0 Å². The van der Waals surface area contributed by atoms with Gasteiger partial charge in [-0.25, -0.2) is 9.59 Å². The molecule has 1 amide bonds. The van der Waals surface area contributed by atoms with E-state index in [2.05, 4.69) is 35.6 Å². The molecule has 0 saturated carbocycles. The zero-order chi connectivity index (χ0) is 26.7. The first-order valence-electron chi connectivity index (χ1n) is 12.3. The number of rotatable bonds is 9. The standard InChI is InChI=1S/C26H37BrN2O6Si/c1-26(2,3)35-25(32)29-12-7-8-21(29)24(31)34-16-22(30)19-9-10-20(27)18-11-13-28(23(18)19)17-33-14-15-36(4,5)6/h9-11,13,21H,7-8,12,14-17H2,1-6H3/t21-/m0/s1. The number of aromatic nitrogens is 1. The van der Waals surface area contributed by atoms with Gasteiger partial charge >= 0.3 is 12.1 Å². The van der Waals surface area contributed by atoms with Gasteiger partial charge in [-0.1, -0.05) is 35.6 Å². The molecule has 8 nitrogen and oxygen atoms in total. The fourth-order valence-corrected chi connectivity index (χ4v) is 5.23. The van der Waals surface area contributed by atoms with Crippen LogP contribution in [0.25, 0.3) is 10.9 Å². The number of nitrogens with zero attached hydrogens (tertiary/aromatic N) is 2. The number of halogens is 1. The predicted octanol–water partition coefficient (Wildman–Crippen LogP) is 5.84. The molecule has 1 aromatic heterocycles. The van der Waals surface area contributed by atoms with Crippen LogP contribution in [0.2, 0.25) is 25.7 Å². The SMILES string of the molecule is CC(C)(C)OC(=O)N1CCC[C@H]1C(=O)OCC(=O)c1ccc(Br)c2ccn(COCC[Si](C)(C)C)c12. The highest BCUT2D eigenvalue weighted by atomic mass is 79.9.